The molecule has 1 aromatic carbocycles. The number of unbranched alkanes of at least 4 members (excludes halogenated alkanes) is 6. The molecule has 0 saturated carbocycles. The summed E-state index contributed by atoms with van der Waals surface area (Å²) in [4.78, 5) is 11.2. The Morgan fingerprint density at radius 2 is 1.68 bits per heavy atom. The smallest absolute Gasteiger partial charge is 0.343 e. The molecule has 1 aromatic rings. The van der Waals surface area contributed by atoms with Crippen LogP contribution in [0.15, 0.2) is 6.07 Å². The fraction of sp³-hybridized carbons (Fsp3) is 0.588. The zero-order valence-corrected chi connectivity index (χ0v) is 13.4. The summed E-state index contributed by atoms with van der Waals surface area (Å²) in [7, 11) is 1.37. The van der Waals surface area contributed by atoms with Crippen LogP contribution in [-0.4, -0.2) is 28.4 Å². The average molecular weight is 310 g/mol. The highest BCUT2D eigenvalue weighted by Gasteiger charge is 2.23. The molecule has 0 spiro atoms. The van der Waals surface area contributed by atoms with E-state index in [9.17, 15) is 15.0 Å². The maximum atomic E-state index is 11.2. The number of methoxy groups -OCH3 is 1. The fourth-order valence-corrected chi connectivity index (χ4v) is 2.58. The molecule has 0 heterocycles. The van der Waals surface area contributed by atoms with Gasteiger partial charge in [-0.1, -0.05) is 45.4 Å². The first-order valence-corrected chi connectivity index (χ1v) is 7.88. The number of phenolic OH excluding ortho intramolecular Hbond substituents is 1. The third kappa shape index (κ3) is 4.83. The maximum Gasteiger partial charge on any atom is 0.343 e. The van der Waals surface area contributed by atoms with E-state index < -0.39 is 17.5 Å². The molecular weight excluding hydrogens is 284 g/mol. The second-order valence-electron chi connectivity index (χ2n) is 5.49. The van der Waals surface area contributed by atoms with Gasteiger partial charge in [0.1, 0.15) is 11.3 Å². The van der Waals surface area contributed by atoms with Crippen molar-refractivity contribution < 1.29 is 24.9 Å². The summed E-state index contributed by atoms with van der Waals surface area (Å²) < 4.78 is 5.13. The predicted octanol–water partition coefficient (Wildman–Crippen LogP) is 4.10. The van der Waals surface area contributed by atoms with Crippen molar-refractivity contribution in [2.75, 3.05) is 7.11 Å². The third-order valence-electron chi connectivity index (χ3n) is 3.78. The molecule has 0 aliphatic rings. The first-order chi connectivity index (χ1) is 10.5. The van der Waals surface area contributed by atoms with E-state index in [2.05, 4.69) is 6.92 Å². The fourth-order valence-electron chi connectivity index (χ4n) is 2.58. The minimum absolute atomic E-state index is 0.133. The van der Waals surface area contributed by atoms with Crippen molar-refractivity contribution >= 4 is 5.97 Å². The van der Waals surface area contributed by atoms with Crippen LogP contribution < -0.4 is 4.74 Å². The van der Waals surface area contributed by atoms with Crippen LogP contribution in [-0.2, 0) is 6.42 Å². The number of rotatable bonds is 10. The van der Waals surface area contributed by atoms with Gasteiger partial charge in [0.2, 0.25) is 0 Å². The van der Waals surface area contributed by atoms with E-state index in [1.165, 1.54) is 38.9 Å². The first kappa shape index (κ1) is 18.1. The highest BCUT2D eigenvalue weighted by molar-refractivity contribution is 5.95. The Bertz CT molecular complexity index is 496. The van der Waals surface area contributed by atoms with Gasteiger partial charge in [0.25, 0.3) is 0 Å². The number of phenols is 2. The number of carbonyl (C=O) groups is 1. The second-order valence-corrected chi connectivity index (χ2v) is 5.49. The van der Waals surface area contributed by atoms with Gasteiger partial charge in [0, 0.05) is 0 Å². The quantitative estimate of drug-likeness (QED) is 0.447. The molecule has 5 nitrogen and oxygen atoms in total. The topological polar surface area (TPSA) is 87.0 Å². The molecule has 0 atom stereocenters. The van der Waals surface area contributed by atoms with Gasteiger partial charge in [-0.05, 0) is 24.5 Å². The van der Waals surface area contributed by atoms with Crippen molar-refractivity contribution in [3.05, 3.63) is 17.2 Å². The summed E-state index contributed by atoms with van der Waals surface area (Å²) in [6.07, 6.45) is 8.67. The van der Waals surface area contributed by atoms with Crippen molar-refractivity contribution in [3.63, 3.8) is 0 Å². The molecule has 1 rings (SSSR count). The SMILES string of the molecule is CCCCCCCCCc1cc(O)c(O)c(C(=O)O)c1OC. The van der Waals surface area contributed by atoms with E-state index in [0.717, 1.165) is 19.3 Å². The second kappa shape index (κ2) is 9.18. The van der Waals surface area contributed by atoms with Crippen molar-refractivity contribution in [2.24, 2.45) is 0 Å². The minimum atomic E-state index is -1.31. The van der Waals surface area contributed by atoms with Gasteiger partial charge in [-0.2, -0.15) is 0 Å². The molecule has 0 unspecified atom stereocenters. The molecule has 22 heavy (non-hydrogen) atoms. The Morgan fingerprint density at radius 1 is 1.09 bits per heavy atom. The Labute approximate surface area is 131 Å². The van der Waals surface area contributed by atoms with Gasteiger partial charge < -0.3 is 20.1 Å². The summed E-state index contributed by atoms with van der Waals surface area (Å²) >= 11 is 0. The van der Waals surface area contributed by atoms with E-state index in [0.29, 0.717) is 12.0 Å². The number of aryl methyl sites for hydroxylation is 1. The highest BCUT2D eigenvalue weighted by Crippen LogP contribution is 2.39. The number of hydrogen-bond donors (Lipinski definition) is 3. The standard InChI is InChI=1S/C17H26O5/c1-3-4-5-6-7-8-9-10-12-11-13(18)15(19)14(17(20)21)16(12)22-2/h11,18-19H,3-10H2,1-2H3,(H,20,21). The molecule has 0 aliphatic heterocycles. The van der Waals surface area contributed by atoms with E-state index in [1.54, 1.807) is 0 Å². The molecule has 5 heteroatoms. The summed E-state index contributed by atoms with van der Waals surface area (Å²) in [5.41, 5.74) is 0.240. The Balaban J connectivity index is 2.68. The number of carboxylic acid groups (broad SMARTS) is 1. The Kier molecular flexibility index (Phi) is 7.57. The number of benzene rings is 1. The van der Waals surface area contributed by atoms with Gasteiger partial charge in [-0.3, -0.25) is 0 Å². The molecule has 3 N–H and O–H groups in total. The van der Waals surface area contributed by atoms with Crippen LogP contribution in [0.4, 0.5) is 0 Å². The van der Waals surface area contributed by atoms with Crippen molar-refractivity contribution in [1.29, 1.82) is 0 Å². The molecule has 124 valence electrons. The Morgan fingerprint density at radius 3 is 2.23 bits per heavy atom. The Hall–Kier alpha value is -1.91. The van der Waals surface area contributed by atoms with Crippen molar-refractivity contribution in [1.82, 2.24) is 0 Å². The predicted molar refractivity (Wildman–Crippen MR) is 85.0 cm³/mol. The summed E-state index contributed by atoms with van der Waals surface area (Å²) in [6.45, 7) is 2.18. The van der Waals surface area contributed by atoms with Gasteiger partial charge >= 0.3 is 5.97 Å². The number of ether oxygens (including phenoxy) is 1. The van der Waals surface area contributed by atoms with Crippen LogP contribution in [0.5, 0.6) is 17.2 Å². The average Bonchev–Trinajstić information content (AvgIpc) is 2.48. The number of hydrogen-bond acceptors (Lipinski definition) is 4. The molecule has 0 radical (unpaired) electrons. The molecule has 0 fully saturated rings. The van der Waals surface area contributed by atoms with Crippen LogP contribution in [0.1, 0.15) is 67.8 Å². The lowest BCUT2D eigenvalue weighted by molar-refractivity contribution is 0.0689. The molecule has 0 bridgehead atoms. The summed E-state index contributed by atoms with van der Waals surface area (Å²) in [5, 5.41) is 28.5. The minimum Gasteiger partial charge on any atom is -0.504 e. The van der Waals surface area contributed by atoms with Crippen LogP contribution >= 0.6 is 0 Å². The molecule has 0 amide bonds. The van der Waals surface area contributed by atoms with Crippen LogP contribution in [0.2, 0.25) is 0 Å². The first-order valence-electron chi connectivity index (χ1n) is 7.88. The van der Waals surface area contributed by atoms with Crippen LogP contribution in [0.3, 0.4) is 0 Å². The molecule has 0 aromatic heterocycles. The van der Waals surface area contributed by atoms with Gasteiger partial charge in [-0.25, -0.2) is 4.79 Å². The van der Waals surface area contributed by atoms with Crippen molar-refractivity contribution in [2.45, 2.75) is 58.3 Å². The highest BCUT2D eigenvalue weighted by atomic mass is 16.5. The van der Waals surface area contributed by atoms with E-state index in [-0.39, 0.29) is 11.3 Å². The maximum absolute atomic E-state index is 11.2. The van der Waals surface area contributed by atoms with Gasteiger partial charge in [0.05, 0.1) is 7.11 Å². The molecule has 0 saturated heterocycles. The lowest BCUT2D eigenvalue weighted by Crippen LogP contribution is -2.04. The lowest BCUT2D eigenvalue weighted by Gasteiger charge is -2.14. The van der Waals surface area contributed by atoms with Gasteiger partial charge in [-0.15, -0.1) is 0 Å². The number of aromatic hydroxyl groups is 2. The summed E-state index contributed by atoms with van der Waals surface area (Å²) in [6, 6.07) is 1.39. The summed E-state index contributed by atoms with van der Waals surface area (Å²) in [5.74, 6) is -2.25. The third-order valence-corrected chi connectivity index (χ3v) is 3.78. The van der Waals surface area contributed by atoms with Crippen molar-refractivity contribution in [3.8, 4) is 17.2 Å². The monoisotopic (exact) mass is 310 g/mol. The van der Waals surface area contributed by atoms with Gasteiger partial charge in [0.15, 0.2) is 11.5 Å². The number of carboxylic acids is 1. The number of aromatic carboxylic acids is 1. The zero-order chi connectivity index (χ0) is 16.5. The van der Waals surface area contributed by atoms with E-state index in [4.69, 9.17) is 9.84 Å². The van der Waals surface area contributed by atoms with Crippen LogP contribution in [0.25, 0.3) is 0 Å². The zero-order valence-electron chi connectivity index (χ0n) is 13.4. The van der Waals surface area contributed by atoms with E-state index in [1.807, 2.05) is 0 Å². The van der Waals surface area contributed by atoms with E-state index >= 15 is 0 Å². The van der Waals surface area contributed by atoms with Crippen LogP contribution in [0, 0.1) is 0 Å². The largest absolute Gasteiger partial charge is 0.504 e. The normalized spacial score (nSPS) is 10.6. The lowest BCUT2D eigenvalue weighted by atomic mass is 10.00. The molecule has 0 aliphatic carbocycles. The molecular formula is C17H26O5.